The SMILES string of the molecule is COc1ncnn2c(CCCN)ccc12. The van der Waals surface area contributed by atoms with E-state index in [-0.39, 0.29) is 0 Å². The van der Waals surface area contributed by atoms with Crippen molar-refractivity contribution in [3.05, 3.63) is 24.2 Å². The molecule has 80 valence electrons. The molecule has 0 saturated heterocycles. The molecule has 0 aliphatic rings. The highest BCUT2D eigenvalue weighted by atomic mass is 16.5. The molecule has 5 nitrogen and oxygen atoms in total. The quantitative estimate of drug-likeness (QED) is 0.796. The number of ether oxygens (including phenoxy) is 1. The van der Waals surface area contributed by atoms with Crippen molar-refractivity contribution in [1.29, 1.82) is 0 Å². The van der Waals surface area contributed by atoms with Crippen molar-refractivity contribution in [1.82, 2.24) is 14.6 Å². The third-order valence-corrected chi connectivity index (χ3v) is 2.33. The van der Waals surface area contributed by atoms with Crippen molar-refractivity contribution >= 4 is 5.52 Å². The van der Waals surface area contributed by atoms with Crippen LogP contribution in [0.15, 0.2) is 18.5 Å². The highest BCUT2D eigenvalue weighted by molar-refractivity contribution is 5.56. The van der Waals surface area contributed by atoms with Crippen LogP contribution in [0.5, 0.6) is 5.88 Å². The van der Waals surface area contributed by atoms with E-state index < -0.39 is 0 Å². The first-order chi connectivity index (χ1) is 7.36. The maximum Gasteiger partial charge on any atom is 0.241 e. The molecule has 2 aromatic heterocycles. The summed E-state index contributed by atoms with van der Waals surface area (Å²) in [5.41, 5.74) is 7.51. The van der Waals surface area contributed by atoms with Gasteiger partial charge in [-0.2, -0.15) is 10.1 Å². The highest BCUT2D eigenvalue weighted by Gasteiger charge is 2.07. The predicted molar refractivity (Wildman–Crippen MR) is 56.9 cm³/mol. The molecule has 0 bridgehead atoms. The number of nitrogens with two attached hydrogens (primary N) is 1. The third kappa shape index (κ3) is 1.78. The lowest BCUT2D eigenvalue weighted by atomic mass is 10.2. The molecule has 2 rings (SSSR count). The number of rotatable bonds is 4. The third-order valence-electron chi connectivity index (χ3n) is 2.33. The van der Waals surface area contributed by atoms with Gasteiger partial charge in [-0.05, 0) is 31.5 Å². The lowest BCUT2D eigenvalue weighted by molar-refractivity contribution is 0.398. The van der Waals surface area contributed by atoms with Gasteiger partial charge in [0, 0.05) is 5.69 Å². The maximum atomic E-state index is 5.48. The Morgan fingerprint density at radius 1 is 1.47 bits per heavy atom. The van der Waals surface area contributed by atoms with Crippen molar-refractivity contribution < 1.29 is 4.74 Å². The maximum absolute atomic E-state index is 5.48. The monoisotopic (exact) mass is 206 g/mol. The van der Waals surface area contributed by atoms with Gasteiger partial charge in [-0.1, -0.05) is 0 Å². The van der Waals surface area contributed by atoms with Crippen LogP contribution < -0.4 is 10.5 Å². The lowest BCUT2D eigenvalue weighted by Gasteiger charge is -2.03. The molecular weight excluding hydrogens is 192 g/mol. The number of methoxy groups -OCH3 is 1. The molecule has 0 fully saturated rings. The van der Waals surface area contributed by atoms with Crippen LogP contribution in [0.25, 0.3) is 5.52 Å². The lowest BCUT2D eigenvalue weighted by Crippen LogP contribution is -2.04. The van der Waals surface area contributed by atoms with E-state index in [2.05, 4.69) is 10.1 Å². The normalized spacial score (nSPS) is 10.8. The number of hydrogen-bond acceptors (Lipinski definition) is 4. The molecular formula is C10H14N4O. The zero-order chi connectivity index (χ0) is 10.7. The van der Waals surface area contributed by atoms with E-state index in [1.165, 1.54) is 6.33 Å². The van der Waals surface area contributed by atoms with E-state index in [0.717, 1.165) is 24.1 Å². The Bertz CT molecular complexity index is 452. The topological polar surface area (TPSA) is 65.4 Å². The molecule has 2 N–H and O–H groups in total. The van der Waals surface area contributed by atoms with Crippen LogP contribution in [-0.4, -0.2) is 28.3 Å². The van der Waals surface area contributed by atoms with Crippen LogP contribution >= 0.6 is 0 Å². The number of nitrogens with zero attached hydrogens (tertiary/aromatic N) is 3. The van der Waals surface area contributed by atoms with Gasteiger partial charge >= 0.3 is 0 Å². The van der Waals surface area contributed by atoms with Crippen molar-refractivity contribution in [2.45, 2.75) is 12.8 Å². The van der Waals surface area contributed by atoms with Gasteiger partial charge in [0.05, 0.1) is 7.11 Å². The average Bonchev–Trinajstić information content (AvgIpc) is 2.69. The molecule has 2 aromatic rings. The van der Waals surface area contributed by atoms with Gasteiger partial charge < -0.3 is 10.5 Å². The van der Waals surface area contributed by atoms with Crippen LogP contribution in [-0.2, 0) is 6.42 Å². The number of aromatic nitrogens is 3. The van der Waals surface area contributed by atoms with Crippen LogP contribution in [0.4, 0.5) is 0 Å². The second kappa shape index (κ2) is 4.27. The number of hydrogen-bond donors (Lipinski definition) is 1. The van der Waals surface area contributed by atoms with E-state index in [1.54, 1.807) is 7.11 Å². The second-order valence-corrected chi connectivity index (χ2v) is 3.28. The Labute approximate surface area is 87.9 Å². The highest BCUT2D eigenvalue weighted by Crippen LogP contribution is 2.18. The summed E-state index contributed by atoms with van der Waals surface area (Å²) in [6.07, 6.45) is 3.38. The molecule has 0 aliphatic heterocycles. The Morgan fingerprint density at radius 3 is 3.07 bits per heavy atom. The van der Waals surface area contributed by atoms with E-state index in [0.29, 0.717) is 12.4 Å². The minimum Gasteiger partial charge on any atom is -0.479 e. The van der Waals surface area contributed by atoms with Crippen molar-refractivity contribution in [3.63, 3.8) is 0 Å². The van der Waals surface area contributed by atoms with Crippen molar-refractivity contribution in [2.24, 2.45) is 5.73 Å². The van der Waals surface area contributed by atoms with Crippen LogP contribution in [0.2, 0.25) is 0 Å². The first kappa shape index (κ1) is 9.92. The van der Waals surface area contributed by atoms with Crippen molar-refractivity contribution in [2.75, 3.05) is 13.7 Å². The van der Waals surface area contributed by atoms with Gasteiger partial charge in [-0.15, -0.1) is 0 Å². The zero-order valence-corrected chi connectivity index (χ0v) is 8.68. The fraction of sp³-hybridized carbons (Fsp3) is 0.400. The molecule has 15 heavy (non-hydrogen) atoms. The fourth-order valence-electron chi connectivity index (χ4n) is 1.60. The van der Waals surface area contributed by atoms with Gasteiger partial charge in [0.25, 0.3) is 0 Å². The molecule has 0 unspecified atom stereocenters. The summed E-state index contributed by atoms with van der Waals surface area (Å²) in [6.45, 7) is 0.690. The molecule has 0 saturated carbocycles. The van der Waals surface area contributed by atoms with Crippen LogP contribution in [0.1, 0.15) is 12.1 Å². The molecule has 0 amide bonds. The molecule has 0 aromatic carbocycles. The molecule has 0 spiro atoms. The summed E-state index contributed by atoms with van der Waals surface area (Å²) in [5, 5.41) is 4.19. The standard InChI is InChI=1S/C10H14N4O/c1-15-10-9-5-4-8(3-2-6-11)14(9)13-7-12-10/h4-5,7H,2-3,6,11H2,1H3. The van der Waals surface area contributed by atoms with Crippen molar-refractivity contribution in [3.8, 4) is 5.88 Å². The summed E-state index contributed by atoms with van der Waals surface area (Å²) >= 11 is 0. The van der Waals surface area contributed by atoms with Gasteiger partial charge in [0.2, 0.25) is 5.88 Å². The van der Waals surface area contributed by atoms with Gasteiger partial charge in [-0.3, -0.25) is 0 Å². The van der Waals surface area contributed by atoms with E-state index in [9.17, 15) is 0 Å². The predicted octanol–water partition coefficient (Wildman–Crippen LogP) is 0.629. The largest absolute Gasteiger partial charge is 0.479 e. The summed E-state index contributed by atoms with van der Waals surface area (Å²) < 4.78 is 7.00. The van der Waals surface area contributed by atoms with E-state index >= 15 is 0 Å². The molecule has 0 aliphatic carbocycles. The number of fused-ring (bicyclic) bond motifs is 1. The van der Waals surface area contributed by atoms with Gasteiger partial charge in [-0.25, -0.2) is 4.52 Å². The first-order valence-corrected chi connectivity index (χ1v) is 4.92. The molecule has 2 heterocycles. The van der Waals surface area contributed by atoms with Crippen LogP contribution in [0, 0.1) is 0 Å². The Morgan fingerprint density at radius 2 is 2.33 bits per heavy atom. The molecule has 0 atom stereocenters. The smallest absolute Gasteiger partial charge is 0.241 e. The fourth-order valence-corrected chi connectivity index (χ4v) is 1.60. The molecule has 5 heteroatoms. The summed E-state index contributed by atoms with van der Waals surface area (Å²) in [7, 11) is 1.61. The Hall–Kier alpha value is -1.62. The Kier molecular flexibility index (Phi) is 2.82. The average molecular weight is 206 g/mol. The van der Waals surface area contributed by atoms with Gasteiger partial charge in [0.15, 0.2) is 0 Å². The summed E-state index contributed by atoms with van der Waals surface area (Å²) in [4.78, 5) is 4.04. The van der Waals surface area contributed by atoms with Crippen LogP contribution in [0.3, 0.4) is 0 Å². The Balaban J connectivity index is 2.42. The number of aryl methyl sites for hydroxylation is 1. The molecule has 0 radical (unpaired) electrons. The second-order valence-electron chi connectivity index (χ2n) is 3.28. The minimum atomic E-state index is 0.601. The van der Waals surface area contributed by atoms with E-state index in [1.807, 2.05) is 16.6 Å². The first-order valence-electron chi connectivity index (χ1n) is 4.92. The van der Waals surface area contributed by atoms with E-state index in [4.69, 9.17) is 10.5 Å². The van der Waals surface area contributed by atoms with Gasteiger partial charge in [0.1, 0.15) is 11.8 Å². The summed E-state index contributed by atoms with van der Waals surface area (Å²) in [6, 6.07) is 3.99. The zero-order valence-electron chi connectivity index (χ0n) is 8.68. The summed E-state index contributed by atoms with van der Waals surface area (Å²) in [5.74, 6) is 0.601. The minimum absolute atomic E-state index is 0.601.